The van der Waals surface area contributed by atoms with Gasteiger partial charge in [0.15, 0.2) is 0 Å². The molecule has 0 bridgehead atoms. The van der Waals surface area contributed by atoms with E-state index in [1.165, 1.54) is 18.4 Å². The summed E-state index contributed by atoms with van der Waals surface area (Å²) in [6.07, 6.45) is 9.07. The van der Waals surface area contributed by atoms with E-state index in [2.05, 4.69) is 52.1 Å². The van der Waals surface area contributed by atoms with E-state index in [0.717, 1.165) is 22.0 Å². The molecule has 0 amide bonds. The van der Waals surface area contributed by atoms with E-state index in [4.69, 9.17) is 11.6 Å². The fourth-order valence-electron chi connectivity index (χ4n) is 1.95. The molecule has 0 N–H and O–H groups in total. The Hall–Kier alpha value is -1.12. The van der Waals surface area contributed by atoms with Crippen LogP contribution in [0, 0.1) is 0 Å². The minimum Gasteiger partial charge on any atom is -0.264 e. The number of nitrogens with zero attached hydrogens (tertiary/aromatic N) is 1. The number of aryl methyl sites for hydroxylation is 1. The molecule has 20 heavy (non-hydrogen) atoms. The van der Waals surface area contributed by atoms with Gasteiger partial charge in [-0.1, -0.05) is 49.2 Å². The first-order valence-electron chi connectivity index (χ1n) is 6.76. The Bertz CT molecular complexity index is 590. The number of hydrogen-bond acceptors (Lipinski definition) is 1. The molecule has 0 saturated carbocycles. The van der Waals surface area contributed by atoms with Crippen molar-refractivity contribution in [3.63, 3.8) is 0 Å². The summed E-state index contributed by atoms with van der Waals surface area (Å²) in [6.45, 7) is 2.21. The van der Waals surface area contributed by atoms with Crippen molar-refractivity contribution in [1.82, 2.24) is 4.98 Å². The number of aromatic nitrogens is 1. The van der Waals surface area contributed by atoms with Crippen LogP contribution in [0.1, 0.15) is 36.5 Å². The minimum absolute atomic E-state index is 0.709. The molecular weight excluding hydrogens is 334 g/mol. The second kappa shape index (κ2) is 7.61. The molecule has 1 nitrogen and oxygen atoms in total. The average molecular weight is 351 g/mol. The standard InChI is InChI=1S/C17H17BrClN/c1-2-3-4-13-5-7-14(8-6-13)11-17(19)15-9-10-20-12-16(15)18/h5-12H,2-4H2,1H3/b17-11+. The van der Waals surface area contributed by atoms with Gasteiger partial charge in [0.25, 0.3) is 0 Å². The molecule has 1 aromatic carbocycles. The lowest BCUT2D eigenvalue weighted by atomic mass is 10.1. The molecule has 2 aromatic rings. The van der Waals surface area contributed by atoms with Gasteiger partial charge in [0.1, 0.15) is 0 Å². The van der Waals surface area contributed by atoms with Crippen LogP contribution in [-0.2, 0) is 6.42 Å². The van der Waals surface area contributed by atoms with Crippen LogP contribution >= 0.6 is 27.5 Å². The molecule has 0 unspecified atom stereocenters. The lowest BCUT2D eigenvalue weighted by Crippen LogP contribution is -1.85. The fourth-order valence-corrected chi connectivity index (χ4v) is 2.82. The molecule has 0 fully saturated rings. The van der Waals surface area contributed by atoms with E-state index in [1.807, 2.05) is 12.1 Å². The maximum atomic E-state index is 6.37. The second-order valence-electron chi connectivity index (χ2n) is 4.69. The maximum Gasteiger partial charge on any atom is 0.0496 e. The van der Waals surface area contributed by atoms with Crippen molar-refractivity contribution in [2.75, 3.05) is 0 Å². The summed E-state index contributed by atoms with van der Waals surface area (Å²) in [5, 5.41) is 0.709. The van der Waals surface area contributed by atoms with Crippen LogP contribution in [-0.4, -0.2) is 4.98 Å². The lowest BCUT2D eigenvalue weighted by molar-refractivity contribution is 0.795. The number of unbranched alkanes of at least 4 members (excludes halogenated alkanes) is 1. The summed E-state index contributed by atoms with van der Waals surface area (Å²) in [5.41, 5.74) is 3.45. The van der Waals surface area contributed by atoms with Crippen molar-refractivity contribution >= 4 is 38.6 Å². The molecule has 0 saturated heterocycles. The van der Waals surface area contributed by atoms with Crippen LogP contribution in [0.25, 0.3) is 11.1 Å². The van der Waals surface area contributed by atoms with E-state index >= 15 is 0 Å². The van der Waals surface area contributed by atoms with Gasteiger partial charge in [0.05, 0.1) is 0 Å². The highest BCUT2D eigenvalue weighted by molar-refractivity contribution is 9.10. The van der Waals surface area contributed by atoms with Crippen molar-refractivity contribution in [1.29, 1.82) is 0 Å². The zero-order valence-electron chi connectivity index (χ0n) is 11.4. The highest BCUT2D eigenvalue weighted by Gasteiger charge is 2.03. The van der Waals surface area contributed by atoms with Gasteiger partial charge < -0.3 is 0 Å². The highest BCUT2D eigenvalue weighted by atomic mass is 79.9. The molecule has 2 rings (SSSR count). The van der Waals surface area contributed by atoms with Gasteiger partial charge in [0, 0.05) is 27.5 Å². The Morgan fingerprint density at radius 1 is 1.25 bits per heavy atom. The minimum atomic E-state index is 0.709. The number of halogens is 2. The molecule has 0 aliphatic heterocycles. The molecule has 3 heteroatoms. The quantitative estimate of drug-likeness (QED) is 0.652. The van der Waals surface area contributed by atoms with E-state index in [0.29, 0.717) is 5.03 Å². The predicted molar refractivity (Wildman–Crippen MR) is 90.7 cm³/mol. The summed E-state index contributed by atoms with van der Waals surface area (Å²) >= 11 is 9.84. The van der Waals surface area contributed by atoms with Crippen LogP contribution < -0.4 is 0 Å². The van der Waals surface area contributed by atoms with Crippen molar-refractivity contribution in [2.24, 2.45) is 0 Å². The predicted octanol–water partition coefficient (Wildman–Crippen LogP) is 5.92. The SMILES string of the molecule is CCCCc1ccc(/C=C(/Cl)c2ccncc2Br)cc1. The van der Waals surface area contributed by atoms with Crippen LogP contribution in [0.3, 0.4) is 0 Å². The lowest BCUT2D eigenvalue weighted by Gasteiger charge is -2.04. The third kappa shape index (κ3) is 4.19. The van der Waals surface area contributed by atoms with Gasteiger partial charge in [-0.25, -0.2) is 0 Å². The van der Waals surface area contributed by atoms with E-state index in [9.17, 15) is 0 Å². The largest absolute Gasteiger partial charge is 0.264 e. The normalized spacial score (nSPS) is 11.7. The number of rotatable bonds is 5. The first kappa shape index (κ1) is 15.3. The molecule has 0 radical (unpaired) electrons. The Morgan fingerprint density at radius 2 is 2.00 bits per heavy atom. The van der Waals surface area contributed by atoms with Crippen molar-refractivity contribution < 1.29 is 0 Å². The van der Waals surface area contributed by atoms with Crippen molar-refractivity contribution in [2.45, 2.75) is 26.2 Å². The number of hydrogen-bond donors (Lipinski definition) is 0. The molecule has 1 heterocycles. The molecule has 1 aromatic heterocycles. The third-order valence-corrected chi connectivity index (χ3v) is 4.07. The van der Waals surface area contributed by atoms with Gasteiger partial charge in [0.2, 0.25) is 0 Å². The van der Waals surface area contributed by atoms with Crippen LogP contribution in [0.5, 0.6) is 0 Å². The van der Waals surface area contributed by atoms with Crippen LogP contribution in [0.4, 0.5) is 0 Å². The molecule has 0 aliphatic rings. The van der Waals surface area contributed by atoms with E-state index < -0.39 is 0 Å². The summed E-state index contributed by atoms with van der Waals surface area (Å²) in [6, 6.07) is 10.5. The van der Waals surface area contributed by atoms with Gasteiger partial charge in [-0.15, -0.1) is 0 Å². The van der Waals surface area contributed by atoms with Crippen molar-refractivity contribution in [3.05, 3.63) is 63.9 Å². The summed E-state index contributed by atoms with van der Waals surface area (Å²) in [5.74, 6) is 0. The molecule has 0 aliphatic carbocycles. The summed E-state index contributed by atoms with van der Waals surface area (Å²) < 4.78 is 0.904. The van der Waals surface area contributed by atoms with Crippen LogP contribution in [0.2, 0.25) is 0 Å². The average Bonchev–Trinajstić information content (AvgIpc) is 2.47. The number of benzene rings is 1. The smallest absolute Gasteiger partial charge is 0.0496 e. The molecule has 0 atom stereocenters. The maximum absolute atomic E-state index is 6.37. The Labute approximate surface area is 133 Å². The Kier molecular flexibility index (Phi) is 5.81. The first-order chi connectivity index (χ1) is 9.70. The summed E-state index contributed by atoms with van der Waals surface area (Å²) in [4.78, 5) is 4.04. The Morgan fingerprint density at radius 3 is 2.65 bits per heavy atom. The fraction of sp³-hybridized carbons (Fsp3) is 0.235. The van der Waals surface area contributed by atoms with Gasteiger partial charge in [-0.3, -0.25) is 4.98 Å². The van der Waals surface area contributed by atoms with Gasteiger partial charge in [-0.2, -0.15) is 0 Å². The third-order valence-electron chi connectivity index (χ3n) is 3.12. The van der Waals surface area contributed by atoms with E-state index in [1.54, 1.807) is 12.4 Å². The molecule has 104 valence electrons. The topological polar surface area (TPSA) is 12.9 Å². The Balaban J connectivity index is 2.16. The second-order valence-corrected chi connectivity index (χ2v) is 5.95. The molecule has 0 spiro atoms. The zero-order valence-corrected chi connectivity index (χ0v) is 13.8. The number of pyridine rings is 1. The van der Waals surface area contributed by atoms with E-state index in [-0.39, 0.29) is 0 Å². The van der Waals surface area contributed by atoms with Crippen LogP contribution in [0.15, 0.2) is 47.2 Å². The highest BCUT2D eigenvalue weighted by Crippen LogP contribution is 2.28. The zero-order chi connectivity index (χ0) is 14.4. The monoisotopic (exact) mass is 349 g/mol. The van der Waals surface area contributed by atoms with Gasteiger partial charge in [-0.05, 0) is 52.0 Å². The first-order valence-corrected chi connectivity index (χ1v) is 7.94. The summed E-state index contributed by atoms with van der Waals surface area (Å²) in [7, 11) is 0. The van der Waals surface area contributed by atoms with Gasteiger partial charge >= 0.3 is 0 Å². The molecular formula is C17H17BrClN. The van der Waals surface area contributed by atoms with Crippen molar-refractivity contribution in [3.8, 4) is 0 Å².